The number of nitrogens with zero attached hydrogens (tertiary/aromatic N) is 2. The van der Waals surface area contributed by atoms with E-state index in [2.05, 4.69) is 89.6 Å². The molecule has 0 unspecified atom stereocenters. The fourth-order valence-corrected chi connectivity index (χ4v) is 15.7. The molecule has 0 radical (unpaired) electrons. The van der Waals surface area contributed by atoms with Gasteiger partial charge in [0.2, 0.25) is 0 Å². The summed E-state index contributed by atoms with van der Waals surface area (Å²) in [5.41, 5.74) is 5.86. The molecule has 0 atom stereocenters. The van der Waals surface area contributed by atoms with E-state index in [9.17, 15) is 0 Å². The van der Waals surface area contributed by atoms with Crippen LogP contribution in [0.5, 0.6) is 23.0 Å². The van der Waals surface area contributed by atoms with Gasteiger partial charge in [0.1, 0.15) is 22.8 Å². The highest BCUT2D eigenvalue weighted by Gasteiger charge is 2.30. The van der Waals surface area contributed by atoms with Crippen molar-refractivity contribution in [1.29, 1.82) is 0 Å². The van der Waals surface area contributed by atoms with E-state index >= 15 is 0 Å². The molecule has 8 bridgehead atoms. The van der Waals surface area contributed by atoms with E-state index in [1.807, 2.05) is 0 Å². The predicted molar refractivity (Wildman–Crippen MR) is 481 cm³/mol. The van der Waals surface area contributed by atoms with Gasteiger partial charge in [-0.15, -0.1) is 0 Å². The fourth-order valence-electron chi connectivity index (χ4n) is 15.7. The zero-order valence-corrected chi connectivity index (χ0v) is 74.4. The molecule has 0 saturated heterocycles. The molecule has 12 heteroatoms. The summed E-state index contributed by atoms with van der Waals surface area (Å²) in [5.74, 6) is 5.42. The number of rotatable bonds is 80. The molecule has 642 valence electrons. The number of hydrogen-bond donors (Lipinski definition) is 2. The zero-order chi connectivity index (χ0) is 79.5. The first-order valence-corrected chi connectivity index (χ1v) is 48.8. The van der Waals surface area contributed by atoms with Crippen LogP contribution in [-0.4, -0.2) is 72.8 Å². The maximum absolute atomic E-state index is 7.26. The molecule has 0 aromatic carbocycles. The van der Waals surface area contributed by atoms with Gasteiger partial charge in [-0.25, -0.2) is 9.97 Å². The summed E-state index contributed by atoms with van der Waals surface area (Å²) in [6.45, 7) is 22.8. The van der Waals surface area contributed by atoms with E-state index < -0.39 is 0 Å². The van der Waals surface area contributed by atoms with Crippen LogP contribution in [0.25, 0.3) is 45.1 Å². The molecule has 0 spiro atoms. The predicted octanol–water partition coefficient (Wildman–Crippen LogP) is 32.7. The molecule has 0 amide bonds. The number of fused-ring (bicyclic) bond motifs is 8. The molecule has 0 fully saturated rings. The Morgan fingerprint density at radius 3 is 0.438 bits per heavy atom. The Labute approximate surface area is 688 Å². The maximum atomic E-state index is 7.26. The first-order chi connectivity index (χ1) is 55.5. The average Bonchev–Trinajstić information content (AvgIpc) is 1.61. The summed E-state index contributed by atoms with van der Waals surface area (Å²) in [4.78, 5) is 19.4. The van der Waals surface area contributed by atoms with Crippen molar-refractivity contribution >= 4 is 45.1 Å². The maximum Gasteiger partial charge on any atom is 0.189 e. The molecule has 12 nitrogen and oxygen atoms in total. The summed E-state index contributed by atoms with van der Waals surface area (Å²) >= 11 is 0. The van der Waals surface area contributed by atoms with Crippen molar-refractivity contribution in [2.24, 2.45) is 0 Å². The van der Waals surface area contributed by atoms with Crippen LogP contribution in [0.1, 0.15) is 489 Å². The number of unbranched alkanes of at least 4 members (excludes halogenated alkanes) is 56. The molecular weight excluding hydrogens is 1390 g/mol. The third kappa shape index (κ3) is 42.7. The number of ether oxygens (including phenoxy) is 8. The van der Waals surface area contributed by atoms with Crippen LogP contribution in [0.4, 0.5) is 0 Å². The molecule has 3 aromatic rings. The minimum Gasteiger partial charge on any atom is -0.488 e. The van der Waals surface area contributed by atoms with E-state index in [4.69, 9.17) is 47.9 Å². The van der Waals surface area contributed by atoms with Gasteiger partial charge in [-0.1, -0.05) is 415 Å². The molecule has 0 aliphatic carbocycles. The van der Waals surface area contributed by atoms with Gasteiger partial charge in [-0.05, 0) is 75.6 Å². The SMILES string of the molecule is CCCCCCCCCCOC1=C(OCCCCCCCCCC)c2cc3[nH]c(cc4nc(cc5[nH]c(cc1n2)c(OCCCCCCCCCC)c5OCCCCCCCCCC)C(OCCCCCCCCCC)=C4OCCCCCCCCCC)c(OCCCCCCCCCC)c3OCCCCCCCCCC. The summed E-state index contributed by atoms with van der Waals surface area (Å²) < 4.78 is 58.1. The molecule has 5 rings (SSSR count). The van der Waals surface area contributed by atoms with Crippen molar-refractivity contribution in [2.75, 3.05) is 52.9 Å². The van der Waals surface area contributed by atoms with Crippen LogP contribution in [0.15, 0.2) is 24.3 Å². The third-order valence-corrected chi connectivity index (χ3v) is 22.8. The molecule has 5 heterocycles. The van der Waals surface area contributed by atoms with E-state index in [1.54, 1.807) is 0 Å². The zero-order valence-electron chi connectivity index (χ0n) is 74.4. The van der Waals surface area contributed by atoms with Gasteiger partial charge in [0.05, 0.1) is 74.9 Å². The Balaban J connectivity index is 1.87. The molecule has 112 heavy (non-hydrogen) atoms. The number of nitrogens with one attached hydrogen (secondary N) is 2. The Morgan fingerprint density at radius 2 is 0.295 bits per heavy atom. The van der Waals surface area contributed by atoms with Crippen molar-refractivity contribution in [3.63, 3.8) is 0 Å². The van der Waals surface area contributed by atoms with Crippen molar-refractivity contribution < 1.29 is 37.9 Å². The molecule has 0 saturated carbocycles. The fraction of sp³-hybridized carbons (Fsp3) is 0.800. The lowest BCUT2D eigenvalue weighted by molar-refractivity contribution is 0.235. The Bertz CT molecular complexity index is 2600. The van der Waals surface area contributed by atoms with E-state index in [-0.39, 0.29) is 0 Å². The lowest BCUT2D eigenvalue weighted by atomic mass is 10.1. The number of aromatic amines is 2. The van der Waals surface area contributed by atoms with Crippen LogP contribution in [0, 0.1) is 0 Å². The highest BCUT2D eigenvalue weighted by Crippen LogP contribution is 2.45. The van der Waals surface area contributed by atoms with Crippen LogP contribution >= 0.6 is 0 Å². The Kier molecular flexibility index (Phi) is 59.3. The number of H-pyrrole nitrogens is 2. The topological polar surface area (TPSA) is 131 Å². The highest BCUT2D eigenvalue weighted by molar-refractivity contribution is 5.92. The monoisotopic (exact) mass is 1560 g/mol. The van der Waals surface area contributed by atoms with Crippen molar-refractivity contribution in [3.8, 4) is 23.0 Å². The smallest absolute Gasteiger partial charge is 0.189 e. The standard InChI is InChI=1S/C100H174N4O8/c1-9-17-25-33-41-49-57-65-73-105-93-85-81-87-95(107-75-67-59-51-43-35-27-19-11-3)97(109-77-69-61-53-45-37-29-21-13-5)89(102-87)83-91-99(111-79-71-63-55-47-39-31-23-15-7)100(112-80-72-64-56-48-40-32-24-16-8)92(104-91)84-90-98(110-78-70-62-54-46-38-30-22-14-6)96(108-76-68-60-52-44-36-28-20-12-4)88(103-90)82-86(101-85)94(93)106-74-66-58-50-42-34-26-18-10-2/h81-84,101,104H,9-80H2,1-8H3. The van der Waals surface area contributed by atoms with Crippen molar-refractivity contribution in [2.45, 2.75) is 466 Å². The number of aromatic nitrogens is 4. The Hall–Kier alpha value is -5.00. The number of hydrogen-bond acceptors (Lipinski definition) is 10. The lowest BCUT2D eigenvalue weighted by Crippen LogP contribution is -2.02. The normalized spacial score (nSPS) is 12.3. The quantitative estimate of drug-likeness (QED) is 0.0527. The molecular formula is C100H174N4O8. The Morgan fingerprint density at radius 1 is 0.170 bits per heavy atom. The molecule has 3 aromatic heterocycles. The van der Waals surface area contributed by atoms with Crippen LogP contribution in [-0.2, 0) is 18.9 Å². The van der Waals surface area contributed by atoms with Gasteiger partial charge in [-0.3, -0.25) is 0 Å². The van der Waals surface area contributed by atoms with E-state index in [0.717, 1.165) is 125 Å². The summed E-state index contributed by atoms with van der Waals surface area (Å²) in [6, 6.07) is 8.64. The second kappa shape index (κ2) is 68.1. The minimum absolute atomic E-state index is 0.550. The van der Waals surface area contributed by atoms with Crippen LogP contribution in [0.2, 0.25) is 0 Å². The summed E-state index contributed by atoms with van der Waals surface area (Å²) in [5, 5.41) is 0. The van der Waals surface area contributed by atoms with Gasteiger partial charge in [-0.2, -0.15) is 0 Å². The van der Waals surface area contributed by atoms with Gasteiger partial charge in [0.25, 0.3) is 0 Å². The van der Waals surface area contributed by atoms with E-state index in [0.29, 0.717) is 122 Å². The first kappa shape index (κ1) is 97.6. The molecule has 2 aliphatic rings. The van der Waals surface area contributed by atoms with Gasteiger partial charge in [0.15, 0.2) is 46.0 Å². The third-order valence-electron chi connectivity index (χ3n) is 22.8. The first-order valence-electron chi connectivity index (χ1n) is 48.8. The average molecular weight is 1560 g/mol. The van der Waals surface area contributed by atoms with Crippen molar-refractivity contribution in [1.82, 2.24) is 19.9 Å². The lowest BCUT2D eigenvalue weighted by Gasteiger charge is -2.13. The van der Waals surface area contributed by atoms with Gasteiger partial charge >= 0.3 is 0 Å². The van der Waals surface area contributed by atoms with E-state index in [1.165, 1.54) is 308 Å². The van der Waals surface area contributed by atoms with Crippen molar-refractivity contribution in [3.05, 3.63) is 47.0 Å². The molecule has 2 N–H and O–H groups in total. The second-order valence-electron chi connectivity index (χ2n) is 33.5. The van der Waals surface area contributed by atoms with Gasteiger partial charge in [0, 0.05) is 0 Å². The molecule has 2 aliphatic heterocycles. The second-order valence-corrected chi connectivity index (χ2v) is 33.5. The minimum atomic E-state index is 0.550. The summed E-state index contributed by atoms with van der Waals surface area (Å²) in [6.07, 6.45) is 77.4. The summed E-state index contributed by atoms with van der Waals surface area (Å²) in [7, 11) is 0. The van der Waals surface area contributed by atoms with Gasteiger partial charge < -0.3 is 47.9 Å². The van der Waals surface area contributed by atoms with Crippen LogP contribution < -0.4 is 18.9 Å². The highest BCUT2D eigenvalue weighted by atomic mass is 16.5. The van der Waals surface area contributed by atoms with Crippen LogP contribution in [0.3, 0.4) is 0 Å². The largest absolute Gasteiger partial charge is 0.488 e.